The van der Waals surface area contributed by atoms with Gasteiger partial charge in [-0.25, -0.2) is 0 Å². The second-order valence-electron chi connectivity index (χ2n) is 3.77. The Morgan fingerprint density at radius 1 is 1.50 bits per heavy atom. The van der Waals surface area contributed by atoms with Gasteiger partial charge in [-0.3, -0.25) is 0 Å². The minimum absolute atomic E-state index is 0. The Balaban J connectivity index is 0.00000196. The Morgan fingerprint density at radius 2 is 2.29 bits per heavy atom. The minimum atomic E-state index is 0. The third-order valence-corrected chi connectivity index (χ3v) is 2.50. The summed E-state index contributed by atoms with van der Waals surface area (Å²) in [6.07, 6.45) is 5.81. The molecule has 0 radical (unpaired) electrons. The molecular formula is C11H22N2O. The van der Waals surface area contributed by atoms with E-state index in [9.17, 15) is 0 Å². The second-order valence-corrected chi connectivity index (χ2v) is 3.77. The van der Waals surface area contributed by atoms with Crippen LogP contribution in [0.25, 0.3) is 0 Å². The lowest BCUT2D eigenvalue weighted by Gasteiger charge is -2.17. The summed E-state index contributed by atoms with van der Waals surface area (Å²) >= 11 is 0. The van der Waals surface area contributed by atoms with Crippen molar-refractivity contribution in [1.82, 2.24) is 5.32 Å². The van der Waals surface area contributed by atoms with Crippen molar-refractivity contribution in [2.45, 2.75) is 39.2 Å². The Kier molecular flexibility index (Phi) is 4.66. The molecule has 0 aromatic heterocycles. The Hall–Kier alpha value is -0.830. The van der Waals surface area contributed by atoms with Crippen molar-refractivity contribution in [3.8, 4) is 0 Å². The first-order valence-corrected chi connectivity index (χ1v) is 5.28. The molecule has 3 heteroatoms. The van der Waals surface area contributed by atoms with Gasteiger partial charge in [0.05, 0.1) is 5.71 Å². The van der Waals surface area contributed by atoms with Crippen LogP contribution < -0.4 is 5.32 Å². The second kappa shape index (κ2) is 5.81. The average Bonchev–Trinajstić information content (AvgIpc) is 2.18. The molecule has 0 aromatic carbocycles. The normalized spacial score (nSPS) is 21.2. The Morgan fingerprint density at radius 3 is 2.93 bits per heavy atom. The van der Waals surface area contributed by atoms with Gasteiger partial charge in [0.15, 0.2) is 0 Å². The summed E-state index contributed by atoms with van der Waals surface area (Å²) in [6, 6.07) is 0. The van der Waals surface area contributed by atoms with Gasteiger partial charge in [-0.15, -0.1) is 0 Å². The van der Waals surface area contributed by atoms with E-state index in [0.29, 0.717) is 0 Å². The van der Waals surface area contributed by atoms with Crippen molar-refractivity contribution in [3.05, 3.63) is 11.6 Å². The Labute approximate surface area is 87.7 Å². The molecule has 0 saturated heterocycles. The van der Waals surface area contributed by atoms with Crippen LogP contribution in [0.15, 0.2) is 16.8 Å². The monoisotopic (exact) mass is 198 g/mol. The first-order valence-electron chi connectivity index (χ1n) is 5.28. The predicted octanol–water partition coefficient (Wildman–Crippen LogP) is 2.34. The summed E-state index contributed by atoms with van der Waals surface area (Å²) < 4.78 is 0. The van der Waals surface area contributed by atoms with E-state index >= 15 is 0 Å². The van der Waals surface area contributed by atoms with E-state index in [0.717, 1.165) is 18.7 Å². The van der Waals surface area contributed by atoms with Crippen LogP contribution in [0.2, 0.25) is 0 Å². The van der Waals surface area contributed by atoms with Crippen LogP contribution >= 0.6 is 0 Å². The fraction of sp³-hybridized carbons (Fsp3) is 0.727. The van der Waals surface area contributed by atoms with E-state index in [1.54, 1.807) is 0 Å². The number of oxime groups is 1. The zero-order valence-corrected chi connectivity index (χ0v) is 9.34. The maximum Gasteiger partial charge on any atom is 0.146 e. The molecule has 0 saturated carbocycles. The quantitative estimate of drug-likeness (QED) is 0.688. The lowest BCUT2D eigenvalue weighted by Crippen LogP contribution is -2.15. The smallest absolute Gasteiger partial charge is 0.146 e. The van der Waals surface area contributed by atoms with E-state index in [2.05, 4.69) is 23.5 Å². The first-order chi connectivity index (χ1) is 6.74. The molecule has 0 aliphatic carbocycles. The standard InChI is InChI=1S/C11H20N2O.H2/c1-9-8-11(14-13-10(9)2)6-4-5-7-12-3;/h8,11-12H,4-7H2,1-3H3;1H. The van der Waals surface area contributed by atoms with Gasteiger partial charge in [0.2, 0.25) is 0 Å². The van der Waals surface area contributed by atoms with Gasteiger partial charge in [-0.1, -0.05) is 5.16 Å². The highest BCUT2D eigenvalue weighted by atomic mass is 16.6. The summed E-state index contributed by atoms with van der Waals surface area (Å²) in [5.74, 6) is 0. The number of nitrogens with zero attached hydrogens (tertiary/aromatic N) is 1. The third kappa shape index (κ3) is 3.50. The molecule has 1 rings (SSSR count). The lowest BCUT2D eigenvalue weighted by molar-refractivity contribution is 0.0806. The van der Waals surface area contributed by atoms with Crippen LogP contribution in [-0.2, 0) is 4.84 Å². The average molecular weight is 198 g/mol. The first kappa shape index (κ1) is 11.2. The molecule has 1 atom stereocenters. The molecule has 14 heavy (non-hydrogen) atoms. The maximum absolute atomic E-state index is 5.33. The van der Waals surface area contributed by atoms with E-state index in [4.69, 9.17) is 4.84 Å². The minimum Gasteiger partial charge on any atom is -0.388 e. The van der Waals surface area contributed by atoms with Crippen LogP contribution in [0.3, 0.4) is 0 Å². The van der Waals surface area contributed by atoms with Crippen molar-refractivity contribution in [2.24, 2.45) is 5.16 Å². The van der Waals surface area contributed by atoms with E-state index in [1.165, 1.54) is 18.4 Å². The highest BCUT2D eigenvalue weighted by Crippen LogP contribution is 2.14. The molecule has 1 heterocycles. The fourth-order valence-corrected chi connectivity index (χ4v) is 1.43. The Bertz CT molecular complexity index is 239. The maximum atomic E-state index is 5.33. The number of nitrogens with one attached hydrogen (secondary N) is 1. The van der Waals surface area contributed by atoms with Gasteiger partial charge in [0, 0.05) is 1.43 Å². The molecular weight excluding hydrogens is 176 g/mol. The number of allylic oxidation sites excluding steroid dienone is 1. The number of unbranched alkanes of at least 4 members (excludes halogenated alkanes) is 1. The van der Waals surface area contributed by atoms with Crippen LogP contribution in [0.4, 0.5) is 0 Å². The van der Waals surface area contributed by atoms with Crippen LogP contribution in [0.5, 0.6) is 0 Å². The summed E-state index contributed by atoms with van der Waals surface area (Å²) in [7, 11) is 1.98. The SMILES string of the molecule is CNCCCCC1C=C(C)C(C)=NO1.[HH]. The van der Waals surface area contributed by atoms with Crippen molar-refractivity contribution in [2.75, 3.05) is 13.6 Å². The van der Waals surface area contributed by atoms with Crippen molar-refractivity contribution >= 4 is 5.71 Å². The molecule has 1 N–H and O–H groups in total. The number of hydrogen-bond acceptors (Lipinski definition) is 3. The highest BCUT2D eigenvalue weighted by Gasteiger charge is 2.12. The lowest BCUT2D eigenvalue weighted by atomic mass is 10.1. The molecule has 0 aromatic rings. The van der Waals surface area contributed by atoms with Gasteiger partial charge in [0.25, 0.3) is 0 Å². The number of hydrogen-bond donors (Lipinski definition) is 1. The van der Waals surface area contributed by atoms with Crippen LogP contribution in [0, 0.1) is 0 Å². The van der Waals surface area contributed by atoms with Gasteiger partial charge in [0.1, 0.15) is 6.10 Å². The topological polar surface area (TPSA) is 33.6 Å². The zero-order chi connectivity index (χ0) is 10.4. The molecule has 1 aliphatic heterocycles. The highest BCUT2D eigenvalue weighted by molar-refractivity contribution is 5.97. The predicted molar refractivity (Wildman–Crippen MR) is 61.6 cm³/mol. The van der Waals surface area contributed by atoms with Gasteiger partial charge in [-0.05, 0) is 58.4 Å². The van der Waals surface area contributed by atoms with Gasteiger partial charge >= 0.3 is 0 Å². The molecule has 0 bridgehead atoms. The van der Waals surface area contributed by atoms with Gasteiger partial charge < -0.3 is 10.2 Å². The summed E-state index contributed by atoms with van der Waals surface area (Å²) in [4.78, 5) is 5.33. The van der Waals surface area contributed by atoms with Crippen LogP contribution in [0.1, 0.15) is 34.5 Å². The largest absolute Gasteiger partial charge is 0.388 e. The summed E-state index contributed by atoms with van der Waals surface area (Å²) in [6.45, 7) is 5.14. The van der Waals surface area contributed by atoms with E-state index in [-0.39, 0.29) is 7.53 Å². The molecule has 82 valence electrons. The van der Waals surface area contributed by atoms with E-state index < -0.39 is 0 Å². The molecule has 3 nitrogen and oxygen atoms in total. The van der Waals surface area contributed by atoms with Crippen molar-refractivity contribution in [3.63, 3.8) is 0 Å². The summed E-state index contributed by atoms with van der Waals surface area (Å²) in [5.41, 5.74) is 2.24. The molecule has 0 amide bonds. The number of rotatable bonds is 5. The third-order valence-electron chi connectivity index (χ3n) is 2.50. The fourth-order valence-electron chi connectivity index (χ4n) is 1.43. The van der Waals surface area contributed by atoms with Gasteiger partial charge in [-0.2, -0.15) is 0 Å². The molecule has 1 aliphatic rings. The summed E-state index contributed by atoms with van der Waals surface area (Å²) in [5, 5.41) is 7.16. The molecule has 1 unspecified atom stereocenters. The van der Waals surface area contributed by atoms with Crippen molar-refractivity contribution < 1.29 is 6.26 Å². The molecule has 0 fully saturated rings. The van der Waals surface area contributed by atoms with E-state index in [1.807, 2.05) is 14.0 Å². The van der Waals surface area contributed by atoms with Crippen LogP contribution in [-0.4, -0.2) is 25.4 Å². The zero-order valence-electron chi connectivity index (χ0n) is 9.34. The van der Waals surface area contributed by atoms with Crippen molar-refractivity contribution in [1.29, 1.82) is 0 Å². The molecule has 0 spiro atoms.